The van der Waals surface area contributed by atoms with E-state index in [0.717, 1.165) is 24.3 Å². The van der Waals surface area contributed by atoms with Crippen LogP contribution in [-0.2, 0) is 12.0 Å². The summed E-state index contributed by atoms with van der Waals surface area (Å²) in [5.74, 6) is 2.03. The Bertz CT molecular complexity index is 1090. The molecule has 0 radical (unpaired) electrons. The van der Waals surface area contributed by atoms with Crippen LogP contribution in [0.3, 0.4) is 0 Å². The van der Waals surface area contributed by atoms with Crippen molar-refractivity contribution in [2.45, 2.75) is 57.0 Å². The van der Waals surface area contributed by atoms with Crippen LogP contribution in [0, 0.1) is 0 Å². The van der Waals surface area contributed by atoms with Crippen molar-refractivity contribution >= 4 is 0 Å². The molecule has 1 aliphatic carbocycles. The van der Waals surface area contributed by atoms with Crippen molar-refractivity contribution in [1.82, 2.24) is 15.1 Å². The van der Waals surface area contributed by atoms with Crippen LogP contribution in [0.1, 0.15) is 43.5 Å². The molecule has 1 saturated heterocycles. The maximum Gasteiger partial charge on any atom is 0.238 e. The number of hydrogen-bond acceptors (Lipinski definition) is 6. The van der Waals surface area contributed by atoms with Crippen molar-refractivity contribution in [3.8, 4) is 17.4 Å². The molecule has 0 amide bonds. The Morgan fingerprint density at radius 3 is 2.06 bits per heavy atom. The fraction of sp³-hybridized carbons (Fsp3) is 0.407. The highest BCUT2D eigenvalue weighted by molar-refractivity contribution is 5.42. The molecular formula is C27H31FN4O2. The fourth-order valence-corrected chi connectivity index (χ4v) is 4.42. The summed E-state index contributed by atoms with van der Waals surface area (Å²) >= 11 is 0. The van der Waals surface area contributed by atoms with E-state index in [0.29, 0.717) is 31.3 Å². The summed E-state index contributed by atoms with van der Waals surface area (Å²) in [5.41, 5.74) is 8.87. The number of nitrogens with zero attached hydrogens (tertiary/aromatic N) is 3. The molecule has 1 aliphatic heterocycles. The van der Waals surface area contributed by atoms with Gasteiger partial charge in [-0.15, -0.1) is 5.10 Å². The van der Waals surface area contributed by atoms with E-state index in [1.54, 1.807) is 6.07 Å². The predicted octanol–water partition coefficient (Wildman–Crippen LogP) is 4.62. The van der Waals surface area contributed by atoms with Crippen LogP contribution in [0.15, 0.2) is 60.7 Å². The highest BCUT2D eigenvalue weighted by atomic mass is 19.1. The minimum absolute atomic E-state index is 0.174. The van der Waals surface area contributed by atoms with E-state index in [1.165, 1.54) is 11.1 Å². The zero-order valence-corrected chi connectivity index (χ0v) is 19.7. The summed E-state index contributed by atoms with van der Waals surface area (Å²) in [4.78, 5) is 2.00. The van der Waals surface area contributed by atoms with Crippen molar-refractivity contribution < 1.29 is 13.9 Å². The van der Waals surface area contributed by atoms with Crippen LogP contribution in [-0.4, -0.2) is 46.5 Å². The largest absolute Gasteiger partial charge is 0.490 e. The van der Waals surface area contributed by atoms with E-state index in [4.69, 9.17) is 15.2 Å². The molecule has 0 atom stereocenters. The van der Waals surface area contributed by atoms with Crippen LogP contribution in [0.2, 0.25) is 0 Å². The number of halogens is 1. The Morgan fingerprint density at radius 2 is 1.53 bits per heavy atom. The average molecular weight is 463 g/mol. The summed E-state index contributed by atoms with van der Waals surface area (Å²) in [6.45, 7) is 5.96. The standard InChI is InChI=1S/C27H31FN4O2/c1-27(2,18-3-8-23(9-4-18)33-25-13-21(29)14-25)19-5-10-24(11-6-19)34-26-12-7-22(30-31-26)17-32-15-20(28)16-32/h3-12,20-21,25H,13-17,29H2,1-2H3/t21-,25-. The molecule has 0 bridgehead atoms. The number of likely N-dealkylation sites (tertiary alicyclic amines) is 1. The number of ether oxygens (including phenoxy) is 2. The number of rotatable bonds is 8. The van der Waals surface area contributed by atoms with Crippen LogP contribution in [0.25, 0.3) is 0 Å². The van der Waals surface area contributed by atoms with Crippen LogP contribution in [0.5, 0.6) is 17.4 Å². The summed E-state index contributed by atoms with van der Waals surface area (Å²) < 4.78 is 24.8. The highest BCUT2D eigenvalue weighted by Crippen LogP contribution is 2.34. The second-order valence-electron chi connectivity index (χ2n) is 9.90. The van der Waals surface area contributed by atoms with Gasteiger partial charge in [0.05, 0.1) is 5.69 Å². The predicted molar refractivity (Wildman–Crippen MR) is 129 cm³/mol. The maximum absolute atomic E-state index is 13.0. The Kier molecular flexibility index (Phi) is 6.23. The highest BCUT2D eigenvalue weighted by Gasteiger charge is 2.28. The van der Waals surface area contributed by atoms with Crippen LogP contribution < -0.4 is 15.2 Å². The van der Waals surface area contributed by atoms with Crippen molar-refractivity contribution in [2.75, 3.05) is 13.1 Å². The lowest BCUT2D eigenvalue weighted by Crippen LogP contribution is -2.47. The van der Waals surface area contributed by atoms with Gasteiger partial charge in [0.15, 0.2) is 0 Å². The van der Waals surface area contributed by atoms with Gasteiger partial charge in [-0.3, -0.25) is 4.90 Å². The lowest BCUT2D eigenvalue weighted by atomic mass is 9.78. The topological polar surface area (TPSA) is 73.5 Å². The molecule has 1 aromatic heterocycles. The molecular weight excluding hydrogens is 431 g/mol. The van der Waals surface area contributed by atoms with Gasteiger partial charge in [0, 0.05) is 37.2 Å². The van der Waals surface area contributed by atoms with E-state index in [2.05, 4.69) is 48.3 Å². The lowest BCUT2D eigenvalue weighted by Gasteiger charge is -2.33. The number of aromatic nitrogens is 2. The molecule has 2 N–H and O–H groups in total. The molecule has 0 spiro atoms. The minimum Gasteiger partial charge on any atom is -0.490 e. The van der Waals surface area contributed by atoms with Crippen LogP contribution >= 0.6 is 0 Å². The van der Waals surface area contributed by atoms with Crippen molar-refractivity contribution in [3.05, 3.63) is 77.5 Å². The van der Waals surface area contributed by atoms with Gasteiger partial charge in [-0.2, -0.15) is 5.10 Å². The Labute approximate surface area is 199 Å². The Balaban J connectivity index is 1.19. The summed E-state index contributed by atoms with van der Waals surface area (Å²) in [7, 11) is 0. The van der Waals surface area contributed by atoms with Gasteiger partial charge in [-0.1, -0.05) is 38.1 Å². The fourth-order valence-electron chi connectivity index (χ4n) is 4.42. The SMILES string of the molecule is CC(C)(c1ccc(Oc2ccc(CN3CC(F)C3)nn2)cc1)c1ccc(O[C@H]2C[C@H](N)C2)cc1. The molecule has 178 valence electrons. The van der Waals surface area contributed by atoms with Gasteiger partial charge in [0.25, 0.3) is 0 Å². The molecule has 5 rings (SSSR count). The molecule has 2 aliphatic rings. The van der Waals surface area contributed by atoms with E-state index < -0.39 is 6.17 Å². The number of hydrogen-bond donors (Lipinski definition) is 1. The van der Waals surface area contributed by atoms with Gasteiger partial charge in [-0.25, -0.2) is 4.39 Å². The molecule has 7 heteroatoms. The molecule has 2 heterocycles. The second-order valence-corrected chi connectivity index (χ2v) is 9.90. The quantitative estimate of drug-likeness (QED) is 0.527. The van der Waals surface area contributed by atoms with Crippen molar-refractivity contribution in [2.24, 2.45) is 5.73 Å². The lowest BCUT2D eigenvalue weighted by molar-refractivity contribution is 0.0578. The normalized spacial score (nSPS) is 20.9. The molecule has 1 saturated carbocycles. The van der Waals surface area contributed by atoms with Crippen molar-refractivity contribution in [1.29, 1.82) is 0 Å². The zero-order chi connectivity index (χ0) is 23.7. The maximum atomic E-state index is 13.0. The number of nitrogens with two attached hydrogens (primary N) is 1. The average Bonchev–Trinajstić information content (AvgIpc) is 2.79. The van der Waals surface area contributed by atoms with E-state index in [1.807, 2.05) is 35.2 Å². The van der Waals surface area contributed by atoms with E-state index in [9.17, 15) is 4.39 Å². The molecule has 2 fully saturated rings. The van der Waals surface area contributed by atoms with E-state index in [-0.39, 0.29) is 17.6 Å². The van der Waals surface area contributed by atoms with E-state index >= 15 is 0 Å². The third kappa shape index (κ3) is 5.05. The van der Waals surface area contributed by atoms with Gasteiger partial charge < -0.3 is 15.2 Å². The summed E-state index contributed by atoms with van der Waals surface area (Å²) in [5, 5.41) is 8.36. The molecule has 6 nitrogen and oxygen atoms in total. The Hall–Kier alpha value is -3.03. The monoisotopic (exact) mass is 462 g/mol. The third-order valence-electron chi connectivity index (χ3n) is 6.80. The molecule has 34 heavy (non-hydrogen) atoms. The second kappa shape index (κ2) is 9.31. The third-order valence-corrected chi connectivity index (χ3v) is 6.80. The zero-order valence-electron chi connectivity index (χ0n) is 19.7. The summed E-state index contributed by atoms with van der Waals surface area (Å²) in [6.07, 6.45) is 1.38. The first-order chi connectivity index (χ1) is 16.3. The van der Waals surface area contributed by atoms with Gasteiger partial charge >= 0.3 is 0 Å². The molecule has 3 aromatic rings. The number of benzene rings is 2. The summed E-state index contributed by atoms with van der Waals surface area (Å²) in [6, 6.07) is 20.3. The van der Waals surface area contributed by atoms with Gasteiger partial charge in [0.1, 0.15) is 23.8 Å². The van der Waals surface area contributed by atoms with Crippen molar-refractivity contribution in [3.63, 3.8) is 0 Å². The molecule has 0 unspecified atom stereocenters. The first-order valence-electron chi connectivity index (χ1n) is 11.9. The Morgan fingerprint density at radius 1 is 0.912 bits per heavy atom. The minimum atomic E-state index is -0.714. The number of alkyl halides is 1. The first kappa shape index (κ1) is 22.7. The molecule has 2 aromatic carbocycles. The first-order valence-corrected chi connectivity index (χ1v) is 11.9. The van der Waals surface area contributed by atoms with Crippen LogP contribution in [0.4, 0.5) is 4.39 Å². The van der Waals surface area contributed by atoms with Gasteiger partial charge in [0.2, 0.25) is 5.88 Å². The van der Waals surface area contributed by atoms with Gasteiger partial charge in [-0.05, 0) is 54.3 Å². The smallest absolute Gasteiger partial charge is 0.238 e.